The van der Waals surface area contributed by atoms with Crippen molar-refractivity contribution in [2.24, 2.45) is 11.3 Å². The molecule has 0 aliphatic carbocycles. The molecule has 2 aliphatic heterocycles. The number of hydrogen-bond acceptors (Lipinski definition) is 15. The van der Waals surface area contributed by atoms with E-state index in [0.717, 1.165) is 28.7 Å². The highest BCUT2D eigenvalue weighted by Crippen LogP contribution is 2.43. The number of carbonyl (C=O) groups excluding carboxylic acids is 4. The maximum absolute atomic E-state index is 15.3. The molecule has 22 heteroatoms. The maximum atomic E-state index is 15.3. The van der Waals surface area contributed by atoms with Gasteiger partial charge in [-0.1, -0.05) is 44.2 Å². The number of nitrogens with zero attached hydrogens (tertiary/aromatic N) is 4. The van der Waals surface area contributed by atoms with Crippen LogP contribution in [0, 0.1) is 23.0 Å². The fourth-order valence-corrected chi connectivity index (χ4v) is 8.03. The van der Waals surface area contributed by atoms with Gasteiger partial charge >= 0.3 is 6.09 Å². The number of rotatable bonds is 36. The van der Waals surface area contributed by atoms with Crippen LogP contribution in [0.5, 0.6) is 0 Å². The van der Waals surface area contributed by atoms with Crippen molar-refractivity contribution < 1.29 is 75.4 Å². The van der Waals surface area contributed by atoms with Crippen LogP contribution in [0.4, 0.5) is 18.0 Å². The summed E-state index contributed by atoms with van der Waals surface area (Å²) >= 11 is 0. The van der Waals surface area contributed by atoms with Gasteiger partial charge in [-0.25, -0.2) is 22.9 Å². The SMILES string of the molecule is C[C@H](O)C(=O)N(C[C@@H]1CNCC1F)[C@@H](c1nc(-c2cc(F)ccc2F)cn1Cc1ccccc1)C(C)(C)CCOC(=O)NCCOCCOCCOCCOCCOCCOCCOCCN1C(=O)C=CC1=O. The van der Waals surface area contributed by atoms with Crippen molar-refractivity contribution in [3.05, 3.63) is 89.9 Å². The zero-order valence-electron chi connectivity index (χ0n) is 42.0. The Bertz CT molecular complexity index is 2170. The maximum Gasteiger partial charge on any atom is 0.407 e. The molecular formula is C51H71F3N6O13. The second kappa shape index (κ2) is 31.4. The predicted molar refractivity (Wildman–Crippen MR) is 260 cm³/mol. The number of aliphatic hydroxyl groups is 1. The van der Waals surface area contributed by atoms with Gasteiger partial charge in [0.25, 0.3) is 17.7 Å². The summed E-state index contributed by atoms with van der Waals surface area (Å²) in [7, 11) is 0. The molecular weight excluding hydrogens is 962 g/mol. The molecule has 1 unspecified atom stereocenters. The lowest BCUT2D eigenvalue weighted by molar-refractivity contribution is -0.146. The minimum Gasteiger partial charge on any atom is -0.450 e. The fraction of sp³-hybridized carbons (Fsp3) is 0.588. The van der Waals surface area contributed by atoms with Gasteiger partial charge in [0.15, 0.2) is 0 Å². The molecule has 0 bridgehead atoms. The molecule has 0 spiro atoms. The van der Waals surface area contributed by atoms with Crippen LogP contribution < -0.4 is 10.6 Å². The Balaban J connectivity index is 0.976. The molecule has 0 radical (unpaired) electrons. The number of aliphatic hydroxyl groups excluding tert-OH is 1. The Morgan fingerprint density at radius 1 is 0.808 bits per heavy atom. The number of benzene rings is 2. The molecule has 2 aromatic carbocycles. The second-order valence-electron chi connectivity index (χ2n) is 18.0. The van der Waals surface area contributed by atoms with E-state index >= 15 is 8.78 Å². The molecule has 1 fully saturated rings. The van der Waals surface area contributed by atoms with Crippen molar-refractivity contribution in [2.45, 2.75) is 52.1 Å². The number of alkyl carbamates (subject to hydrolysis) is 1. The number of imidazole rings is 1. The predicted octanol–water partition coefficient (Wildman–Crippen LogP) is 3.87. The van der Waals surface area contributed by atoms with Crippen LogP contribution in [0.25, 0.3) is 11.3 Å². The number of hydrogen-bond donors (Lipinski definition) is 3. The first-order valence-electron chi connectivity index (χ1n) is 24.6. The zero-order chi connectivity index (χ0) is 52.4. The molecule has 19 nitrogen and oxygen atoms in total. The van der Waals surface area contributed by atoms with E-state index < -0.39 is 53.3 Å². The first kappa shape index (κ1) is 58.6. The smallest absolute Gasteiger partial charge is 0.407 e. The second-order valence-corrected chi connectivity index (χ2v) is 18.0. The van der Waals surface area contributed by atoms with Gasteiger partial charge in [-0.2, -0.15) is 0 Å². The Kier molecular flexibility index (Phi) is 25.2. The van der Waals surface area contributed by atoms with Crippen molar-refractivity contribution in [1.29, 1.82) is 0 Å². The number of aromatic nitrogens is 2. The number of alkyl halides is 1. The number of halogens is 3. The highest BCUT2D eigenvalue weighted by molar-refractivity contribution is 6.12. The van der Waals surface area contributed by atoms with Gasteiger partial charge < -0.3 is 63.1 Å². The van der Waals surface area contributed by atoms with Crippen LogP contribution in [0.1, 0.15) is 44.6 Å². The molecule has 1 aromatic heterocycles. The van der Waals surface area contributed by atoms with E-state index in [-0.39, 0.29) is 94.5 Å². The highest BCUT2D eigenvalue weighted by Gasteiger charge is 2.44. The quantitative estimate of drug-likeness (QED) is 0.0558. The van der Waals surface area contributed by atoms with E-state index in [1.807, 2.05) is 44.2 Å². The molecule has 2 aliphatic rings. The third-order valence-electron chi connectivity index (χ3n) is 11.9. The Morgan fingerprint density at radius 2 is 1.37 bits per heavy atom. The Morgan fingerprint density at radius 3 is 1.92 bits per heavy atom. The van der Waals surface area contributed by atoms with Crippen molar-refractivity contribution in [2.75, 3.05) is 132 Å². The van der Waals surface area contributed by atoms with Gasteiger partial charge in [-0.15, -0.1) is 0 Å². The number of ether oxygens (including phenoxy) is 8. The molecule has 404 valence electrons. The fourth-order valence-electron chi connectivity index (χ4n) is 8.03. The van der Waals surface area contributed by atoms with E-state index in [0.29, 0.717) is 79.2 Å². The van der Waals surface area contributed by atoms with E-state index in [4.69, 9.17) is 42.9 Å². The molecule has 3 aromatic rings. The summed E-state index contributed by atoms with van der Waals surface area (Å²) in [6.07, 6.45) is 0.801. The summed E-state index contributed by atoms with van der Waals surface area (Å²) in [5.41, 5.74) is -0.0993. The molecule has 4 amide bonds. The summed E-state index contributed by atoms with van der Waals surface area (Å²) in [4.78, 5) is 57.2. The Hall–Kier alpha value is -5.30. The van der Waals surface area contributed by atoms with Crippen LogP contribution in [0.2, 0.25) is 0 Å². The summed E-state index contributed by atoms with van der Waals surface area (Å²) in [5, 5.41) is 16.4. The summed E-state index contributed by atoms with van der Waals surface area (Å²) in [6.45, 7) is 10.7. The normalized spacial score (nSPS) is 16.6. The summed E-state index contributed by atoms with van der Waals surface area (Å²) in [6, 6.07) is 11.5. The molecule has 3 heterocycles. The van der Waals surface area contributed by atoms with E-state index in [2.05, 4.69) is 10.6 Å². The minimum atomic E-state index is -1.47. The van der Waals surface area contributed by atoms with Gasteiger partial charge in [0, 0.05) is 62.6 Å². The van der Waals surface area contributed by atoms with Crippen LogP contribution >= 0.6 is 0 Å². The Labute approximate surface area is 424 Å². The first-order chi connectivity index (χ1) is 35.2. The lowest BCUT2D eigenvalue weighted by Crippen LogP contribution is -2.50. The molecule has 73 heavy (non-hydrogen) atoms. The van der Waals surface area contributed by atoms with Gasteiger partial charge in [-0.3, -0.25) is 19.3 Å². The summed E-state index contributed by atoms with van der Waals surface area (Å²) in [5.74, 6) is -3.03. The van der Waals surface area contributed by atoms with Crippen molar-refractivity contribution in [3.63, 3.8) is 0 Å². The molecule has 1 saturated heterocycles. The monoisotopic (exact) mass is 1030 g/mol. The van der Waals surface area contributed by atoms with E-state index in [9.17, 15) is 28.7 Å². The van der Waals surface area contributed by atoms with Gasteiger partial charge in [-0.05, 0) is 42.5 Å². The van der Waals surface area contributed by atoms with Crippen molar-refractivity contribution >= 4 is 23.8 Å². The molecule has 4 atom stereocenters. The van der Waals surface area contributed by atoms with E-state index in [1.54, 1.807) is 10.8 Å². The largest absolute Gasteiger partial charge is 0.450 e. The number of imide groups is 1. The third kappa shape index (κ3) is 19.8. The minimum absolute atomic E-state index is 0.0850. The third-order valence-corrected chi connectivity index (χ3v) is 11.9. The number of nitrogens with one attached hydrogen (secondary N) is 2. The first-order valence-corrected chi connectivity index (χ1v) is 24.6. The van der Waals surface area contributed by atoms with Crippen molar-refractivity contribution in [1.82, 2.24) is 30.0 Å². The van der Waals surface area contributed by atoms with Crippen LogP contribution in [0.3, 0.4) is 0 Å². The van der Waals surface area contributed by atoms with Crippen molar-refractivity contribution in [3.8, 4) is 11.3 Å². The molecule has 0 saturated carbocycles. The van der Waals surface area contributed by atoms with Crippen LogP contribution in [0.15, 0.2) is 66.9 Å². The van der Waals surface area contributed by atoms with Gasteiger partial charge in [0.1, 0.15) is 29.7 Å². The van der Waals surface area contributed by atoms with Crippen LogP contribution in [-0.4, -0.2) is 192 Å². The standard InChI is InChI=1S/C51H71F3N6O13/c1-37(61)49(64)60(35-39-32-55-33-43(39)54)47(48-57-44(41-31-40(52)9-10-42(41)53)36-58(48)34-38-7-5-4-6-8-38)51(2,3)13-16-73-50(65)56-14-17-66-19-21-68-23-25-70-27-29-72-30-28-71-26-24-69-22-20-67-18-15-59-45(62)11-12-46(59)63/h4-12,31,36-37,39,43,47,55,61H,13-30,32-35H2,1-3H3,(H,56,65)/t37-,39-,43?,47-/m0/s1. The van der Waals surface area contributed by atoms with E-state index in [1.165, 1.54) is 24.0 Å². The lowest BCUT2D eigenvalue weighted by atomic mass is 9.79. The molecule has 5 rings (SSSR count). The van der Waals surface area contributed by atoms with Gasteiger partial charge in [0.05, 0.1) is 117 Å². The summed E-state index contributed by atoms with van der Waals surface area (Å²) < 4.78 is 90.8. The van der Waals surface area contributed by atoms with Crippen LogP contribution in [-0.2, 0) is 58.8 Å². The topological polar surface area (TPSA) is 211 Å². The number of amides is 4. The molecule has 3 N–H and O–H groups in total. The highest BCUT2D eigenvalue weighted by atomic mass is 19.1. The average molecular weight is 1030 g/mol. The number of carbonyl (C=O) groups is 4. The average Bonchev–Trinajstić information content (AvgIpc) is 4.07. The zero-order valence-corrected chi connectivity index (χ0v) is 42.0. The lowest BCUT2D eigenvalue weighted by Gasteiger charge is -2.43. The van der Waals surface area contributed by atoms with Gasteiger partial charge in [0.2, 0.25) is 0 Å².